The molecule has 3 nitrogen and oxygen atoms in total. The van der Waals surface area contributed by atoms with Gasteiger partial charge >= 0.3 is 0 Å². The molecule has 0 amide bonds. The molecule has 0 aromatic heterocycles. The maximum absolute atomic E-state index is 4.35. The van der Waals surface area contributed by atoms with Gasteiger partial charge in [-0.25, -0.2) is 0 Å². The Labute approximate surface area is 71.8 Å². The number of hydrogen-bond acceptors (Lipinski definition) is 3. The van der Waals surface area contributed by atoms with E-state index in [2.05, 4.69) is 16.0 Å². The van der Waals surface area contributed by atoms with Gasteiger partial charge < -0.3 is 11.1 Å². The van der Waals surface area contributed by atoms with Crippen molar-refractivity contribution in [2.45, 2.75) is 12.8 Å². The molecule has 0 spiro atoms. The predicted molar refractivity (Wildman–Crippen MR) is 49.8 cm³/mol. The van der Waals surface area contributed by atoms with E-state index in [4.69, 9.17) is 0 Å². The SMILES string of the molecule is [NH3+]CCCSC1=NCCCN1. The molecular weight excluding hydrogens is 158 g/mol. The van der Waals surface area contributed by atoms with Crippen molar-refractivity contribution >= 4 is 16.9 Å². The van der Waals surface area contributed by atoms with Gasteiger partial charge in [0, 0.05) is 25.3 Å². The first-order valence-electron chi connectivity index (χ1n) is 4.14. The van der Waals surface area contributed by atoms with Crippen molar-refractivity contribution in [3.8, 4) is 0 Å². The van der Waals surface area contributed by atoms with Crippen molar-refractivity contribution in [2.24, 2.45) is 4.99 Å². The van der Waals surface area contributed by atoms with Gasteiger partial charge in [0.05, 0.1) is 6.54 Å². The fourth-order valence-corrected chi connectivity index (χ4v) is 1.81. The molecule has 0 aromatic carbocycles. The molecule has 0 saturated heterocycles. The molecule has 4 heteroatoms. The molecule has 1 heterocycles. The highest BCUT2D eigenvalue weighted by atomic mass is 32.2. The molecular formula is C7H16N3S+. The minimum atomic E-state index is 1.000. The lowest BCUT2D eigenvalue weighted by atomic mass is 10.4. The van der Waals surface area contributed by atoms with Crippen LogP contribution in [0.5, 0.6) is 0 Å². The standard InChI is InChI=1S/C7H15N3S/c8-3-1-6-11-7-9-4-2-5-10-7/h1-6,8H2,(H,9,10)/p+1. The van der Waals surface area contributed by atoms with Gasteiger partial charge in [0.25, 0.3) is 0 Å². The average molecular weight is 174 g/mol. The van der Waals surface area contributed by atoms with Crippen molar-refractivity contribution in [2.75, 3.05) is 25.4 Å². The van der Waals surface area contributed by atoms with Crippen LogP contribution in [-0.4, -0.2) is 30.6 Å². The zero-order valence-electron chi connectivity index (χ0n) is 6.81. The lowest BCUT2D eigenvalue weighted by Crippen LogP contribution is -2.50. The van der Waals surface area contributed by atoms with Gasteiger partial charge in [0.15, 0.2) is 5.17 Å². The third kappa shape index (κ3) is 3.62. The Morgan fingerprint density at radius 2 is 2.55 bits per heavy atom. The van der Waals surface area contributed by atoms with Crippen LogP contribution in [0.25, 0.3) is 0 Å². The van der Waals surface area contributed by atoms with E-state index in [0.29, 0.717) is 0 Å². The van der Waals surface area contributed by atoms with Crippen LogP contribution < -0.4 is 11.1 Å². The highest BCUT2D eigenvalue weighted by Gasteiger charge is 2.02. The van der Waals surface area contributed by atoms with E-state index in [1.54, 1.807) is 0 Å². The van der Waals surface area contributed by atoms with Gasteiger partial charge in [-0.3, -0.25) is 4.99 Å². The van der Waals surface area contributed by atoms with Crippen LogP contribution in [0.4, 0.5) is 0 Å². The minimum absolute atomic E-state index is 1.000. The van der Waals surface area contributed by atoms with Gasteiger partial charge in [-0.05, 0) is 6.42 Å². The van der Waals surface area contributed by atoms with Gasteiger partial charge in [-0.2, -0.15) is 0 Å². The number of quaternary nitrogens is 1. The Bertz CT molecular complexity index is 136. The van der Waals surface area contributed by atoms with Gasteiger partial charge in [-0.15, -0.1) is 0 Å². The van der Waals surface area contributed by atoms with Crippen LogP contribution in [0.3, 0.4) is 0 Å². The van der Waals surface area contributed by atoms with Crippen LogP contribution in [0.2, 0.25) is 0 Å². The Hall–Kier alpha value is -0.220. The highest BCUT2D eigenvalue weighted by molar-refractivity contribution is 8.13. The Kier molecular flexibility index (Phi) is 4.38. The number of hydrogen-bond donors (Lipinski definition) is 2. The lowest BCUT2D eigenvalue weighted by Gasteiger charge is -2.12. The predicted octanol–water partition coefficient (Wildman–Crippen LogP) is -0.299. The summed E-state index contributed by atoms with van der Waals surface area (Å²) in [4.78, 5) is 4.35. The fraction of sp³-hybridized carbons (Fsp3) is 0.857. The summed E-state index contributed by atoms with van der Waals surface area (Å²) < 4.78 is 0. The van der Waals surface area contributed by atoms with Crippen LogP contribution in [0, 0.1) is 0 Å². The third-order valence-electron chi connectivity index (χ3n) is 1.50. The van der Waals surface area contributed by atoms with Crippen LogP contribution in [0.1, 0.15) is 12.8 Å². The Balaban J connectivity index is 2.09. The second kappa shape index (κ2) is 5.43. The molecule has 1 aliphatic heterocycles. The quantitative estimate of drug-likeness (QED) is 0.577. The molecule has 0 aliphatic carbocycles. The number of amidine groups is 1. The number of thioether (sulfide) groups is 1. The summed E-state index contributed by atoms with van der Waals surface area (Å²) in [6, 6.07) is 0. The highest BCUT2D eigenvalue weighted by Crippen LogP contribution is 2.05. The van der Waals surface area contributed by atoms with Crippen molar-refractivity contribution < 1.29 is 5.73 Å². The van der Waals surface area contributed by atoms with E-state index in [1.165, 1.54) is 12.8 Å². The molecule has 11 heavy (non-hydrogen) atoms. The zero-order valence-corrected chi connectivity index (χ0v) is 7.62. The van der Waals surface area contributed by atoms with E-state index < -0.39 is 0 Å². The zero-order chi connectivity index (χ0) is 7.94. The molecule has 1 rings (SSSR count). The summed E-state index contributed by atoms with van der Waals surface area (Å²) in [5, 5.41) is 4.40. The van der Waals surface area contributed by atoms with Crippen molar-refractivity contribution in [1.29, 1.82) is 0 Å². The van der Waals surface area contributed by atoms with E-state index in [9.17, 15) is 0 Å². The third-order valence-corrected chi connectivity index (χ3v) is 2.54. The van der Waals surface area contributed by atoms with Gasteiger partial charge in [-0.1, -0.05) is 11.8 Å². The molecule has 0 atom stereocenters. The summed E-state index contributed by atoms with van der Waals surface area (Å²) in [5.74, 6) is 1.15. The number of rotatable bonds is 3. The smallest absolute Gasteiger partial charge is 0.156 e. The number of nitrogens with one attached hydrogen (secondary N) is 1. The Morgan fingerprint density at radius 1 is 1.64 bits per heavy atom. The lowest BCUT2D eigenvalue weighted by molar-refractivity contribution is -0.367. The number of nitrogens with zero attached hydrogens (tertiary/aromatic N) is 1. The second-order valence-corrected chi connectivity index (χ2v) is 3.61. The molecule has 1 aliphatic rings. The average Bonchev–Trinajstić information content (AvgIpc) is 2.07. The van der Waals surface area contributed by atoms with Crippen LogP contribution >= 0.6 is 11.8 Å². The van der Waals surface area contributed by atoms with Crippen molar-refractivity contribution in [3.05, 3.63) is 0 Å². The molecule has 4 N–H and O–H groups in total. The van der Waals surface area contributed by atoms with Gasteiger partial charge in [0.2, 0.25) is 0 Å². The number of aliphatic imine (C=N–C) groups is 1. The first-order chi connectivity index (χ1) is 5.43. The Morgan fingerprint density at radius 3 is 3.18 bits per heavy atom. The summed E-state index contributed by atoms with van der Waals surface area (Å²) in [6.45, 7) is 3.12. The van der Waals surface area contributed by atoms with Crippen LogP contribution in [0.15, 0.2) is 4.99 Å². The molecule has 0 fully saturated rings. The molecule has 0 aromatic rings. The maximum Gasteiger partial charge on any atom is 0.156 e. The topological polar surface area (TPSA) is 52.0 Å². The van der Waals surface area contributed by atoms with Crippen molar-refractivity contribution in [1.82, 2.24) is 5.32 Å². The van der Waals surface area contributed by atoms with Crippen molar-refractivity contribution in [3.63, 3.8) is 0 Å². The monoisotopic (exact) mass is 174 g/mol. The van der Waals surface area contributed by atoms with E-state index in [-0.39, 0.29) is 0 Å². The second-order valence-electron chi connectivity index (χ2n) is 2.52. The maximum atomic E-state index is 4.35. The summed E-state index contributed by atoms with van der Waals surface area (Å²) in [7, 11) is 0. The first-order valence-corrected chi connectivity index (χ1v) is 5.12. The van der Waals surface area contributed by atoms with E-state index >= 15 is 0 Å². The molecule has 0 unspecified atom stereocenters. The van der Waals surface area contributed by atoms with E-state index in [0.717, 1.165) is 30.6 Å². The minimum Gasteiger partial charge on any atom is -0.365 e. The fourth-order valence-electron chi connectivity index (χ4n) is 0.878. The normalized spacial score (nSPS) is 17.4. The molecule has 0 bridgehead atoms. The summed E-state index contributed by atoms with van der Waals surface area (Å²) in [6.07, 6.45) is 2.37. The molecule has 64 valence electrons. The summed E-state index contributed by atoms with van der Waals surface area (Å²) >= 11 is 1.82. The van der Waals surface area contributed by atoms with Gasteiger partial charge in [0.1, 0.15) is 0 Å². The summed E-state index contributed by atoms with van der Waals surface area (Å²) in [5.41, 5.74) is 3.79. The molecule has 0 saturated carbocycles. The largest absolute Gasteiger partial charge is 0.365 e. The first kappa shape index (κ1) is 8.87. The van der Waals surface area contributed by atoms with E-state index in [1.807, 2.05) is 11.8 Å². The molecule has 0 radical (unpaired) electrons. The van der Waals surface area contributed by atoms with Crippen LogP contribution in [-0.2, 0) is 0 Å².